The van der Waals surface area contributed by atoms with Crippen LogP contribution in [0.1, 0.15) is 30.1 Å². The minimum Gasteiger partial charge on any atom is -0.377 e. The van der Waals surface area contributed by atoms with Crippen molar-refractivity contribution in [2.24, 2.45) is 0 Å². The van der Waals surface area contributed by atoms with E-state index in [-0.39, 0.29) is 22.7 Å². The molecule has 21 heavy (non-hydrogen) atoms. The molecular formula is C14H17ClN2O4. The monoisotopic (exact) mass is 312 g/mol. The predicted octanol–water partition coefficient (Wildman–Crippen LogP) is 2.89. The number of nitro groups is 1. The summed E-state index contributed by atoms with van der Waals surface area (Å²) in [6, 6.07) is 3.91. The van der Waals surface area contributed by atoms with E-state index in [2.05, 4.69) is 0 Å². The van der Waals surface area contributed by atoms with Gasteiger partial charge in [0, 0.05) is 31.8 Å². The lowest BCUT2D eigenvalue weighted by molar-refractivity contribution is -0.384. The number of likely N-dealkylation sites (tertiary alicyclic amines) is 1. The van der Waals surface area contributed by atoms with E-state index in [1.54, 1.807) is 4.90 Å². The van der Waals surface area contributed by atoms with Gasteiger partial charge >= 0.3 is 0 Å². The maximum atomic E-state index is 12.5. The van der Waals surface area contributed by atoms with Crippen LogP contribution in [0, 0.1) is 10.1 Å². The number of amides is 1. The van der Waals surface area contributed by atoms with Gasteiger partial charge in [-0.3, -0.25) is 14.9 Å². The number of halogens is 1. The Morgan fingerprint density at radius 1 is 1.57 bits per heavy atom. The Bertz CT molecular complexity index is 548. The first-order valence-electron chi connectivity index (χ1n) is 6.87. The van der Waals surface area contributed by atoms with Crippen LogP contribution in [0.25, 0.3) is 0 Å². The number of carbonyl (C=O) groups excluding carboxylic acids is 1. The summed E-state index contributed by atoms with van der Waals surface area (Å²) in [6.45, 7) is 3.72. The van der Waals surface area contributed by atoms with Gasteiger partial charge in [-0.25, -0.2) is 0 Å². The van der Waals surface area contributed by atoms with Crippen LogP contribution in [0.5, 0.6) is 0 Å². The van der Waals surface area contributed by atoms with Gasteiger partial charge in [0.05, 0.1) is 21.6 Å². The molecule has 1 fully saturated rings. The second-order valence-electron chi connectivity index (χ2n) is 4.89. The van der Waals surface area contributed by atoms with Crippen molar-refractivity contribution >= 4 is 23.2 Å². The van der Waals surface area contributed by atoms with Crippen LogP contribution in [0.2, 0.25) is 5.02 Å². The van der Waals surface area contributed by atoms with Crippen LogP contribution < -0.4 is 0 Å². The molecule has 1 unspecified atom stereocenters. The SMILES string of the molecule is CCOC1CCCN(C(=O)c2ccc([N+](=O)[O-])cc2Cl)C1. The average Bonchev–Trinajstić information content (AvgIpc) is 2.47. The maximum Gasteiger partial charge on any atom is 0.270 e. The summed E-state index contributed by atoms with van der Waals surface area (Å²) >= 11 is 6.00. The van der Waals surface area contributed by atoms with Crippen LogP contribution in [-0.4, -0.2) is 41.5 Å². The number of rotatable bonds is 4. The molecule has 1 heterocycles. The highest BCUT2D eigenvalue weighted by molar-refractivity contribution is 6.34. The highest BCUT2D eigenvalue weighted by Crippen LogP contribution is 2.25. The molecule has 1 aromatic rings. The van der Waals surface area contributed by atoms with Crippen LogP contribution in [-0.2, 0) is 4.74 Å². The molecule has 0 N–H and O–H groups in total. The number of hydrogen-bond acceptors (Lipinski definition) is 4. The molecule has 6 nitrogen and oxygen atoms in total. The van der Waals surface area contributed by atoms with Crippen LogP contribution in [0.4, 0.5) is 5.69 Å². The van der Waals surface area contributed by atoms with Gasteiger partial charge in [-0.2, -0.15) is 0 Å². The van der Waals surface area contributed by atoms with Crippen LogP contribution in [0.15, 0.2) is 18.2 Å². The summed E-state index contributed by atoms with van der Waals surface area (Å²) in [7, 11) is 0. The number of hydrogen-bond donors (Lipinski definition) is 0. The first kappa shape index (κ1) is 15.7. The average molecular weight is 313 g/mol. The third-order valence-electron chi connectivity index (χ3n) is 3.46. The number of benzene rings is 1. The first-order chi connectivity index (χ1) is 10.0. The molecule has 114 valence electrons. The molecule has 7 heteroatoms. The van der Waals surface area contributed by atoms with E-state index in [0.717, 1.165) is 12.8 Å². The fourth-order valence-corrected chi connectivity index (χ4v) is 2.71. The summed E-state index contributed by atoms with van der Waals surface area (Å²) in [5.41, 5.74) is 0.168. The maximum absolute atomic E-state index is 12.5. The normalized spacial score (nSPS) is 18.6. The quantitative estimate of drug-likeness (QED) is 0.633. The van der Waals surface area contributed by atoms with Crippen LogP contribution in [0.3, 0.4) is 0 Å². The molecule has 1 aromatic carbocycles. The largest absolute Gasteiger partial charge is 0.377 e. The second kappa shape index (κ2) is 6.87. The lowest BCUT2D eigenvalue weighted by Gasteiger charge is -2.32. The van der Waals surface area contributed by atoms with Gasteiger partial charge in [0.1, 0.15) is 0 Å². The van der Waals surface area contributed by atoms with Gasteiger partial charge in [-0.15, -0.1) is 0 Å². The molecule has 1 aliphatic rings. The van der Waals surface area contributed by atoms with Gasteiger partial charge < -0.3 is 9.64 Å². The molecule has 0 bridgehead atoms. The predicted molar refractivity (Wildman–Crippen MR) is 78.7 cm³/mol. The fraction of sp³-hybridized carbons (Fsp3) is 0.500. The van der Waals surface area contributed by atoms with Gasteiger partial charge in [0.2, 0.25) is 0 Å². The first-order valence-corrected chi connectivity index (χ1v) is 7.25. The van der Waals surface area contributed by atoms with E-state index in [4.69, 9.17) is 16.3 Å². The summed E-state index contributed by atoms with van der Waals surface area (Å²) in [6.07, 6.45) is 1.86. The highest BCUT2D eigenvalue weighted by Gasteiger charge is 2.26. The summed E-state index contributed by atoms with van der Waals surface area (Å²) in [5, 5.41) is 10.8. The number of carbonyl (C=O) groups is 1. The van der Waals surface area contributed by atoms with Crippen molar-refractivity contribution in [1.29, 1.82) is 0 Å². The van der Waals surface area contributed by atoms with Crippen LogP contribution >= 0.6 is 11.6 Å². The molecule has 0 aliphatic carbocycles. The summed E-state index contributed by atoms with van der Waals surface area (Å²) < 4.78 is 5.56. The third-order valence-corrected chi connectivity index (χ3v) is 3.77. The summed E-state index contributed by atoms with van der Waals surface area (Å²) in [5.74, 6) is -0.209. The molecule has 0 saturated carbocycles. The number of nitrogens with zero attached hydrogens (tertiary/aromatic N) is 2. The highest BCUT2D eigenvalue weighted by atomic mass is 35.5. The van der Waals surface area contributed by atoms with Gasteiger partial charge in [0.25, 0.3) is 11.6 Å². The number of ether oxygens (including phenoxy) is 1. The van der Waals surface area contributed by atoms with E-state index >= 15 is 0 Å². The number of non-ortho nitro benzene ring substituents is 1. The van der Waals surface area contributed by atoms with Gasteiger partial charge in [0.15, 0.2) is 0 Å². The topological polar surface area (TPSA) is 72.7 Å². The lowest BCUT2D eigenvalue weighted by Crippen LogP contribution is -2.43. The van der Waals surface area contributed by atoms with Crippen molar-refractivity contribution in [3.05, 3.63) is 38.9 Å². The van der Waals surface area contributed by atoms with Crippen molar-refractivity contribution in [3.8, 4) is 0 Å². The zero-order valence-electron chi connectivity index (χ0n) is 11.8. The Morgan fingerprint density at radius 3 is 2.95 bits per heavy atom. The Balaban J connectivity index is 2.14. The fourth-order valence-electron chi connectivity index (χ4n) is 2.46. The number of nitro benzene ring substituents is 1. The number of piperidine rings is 1. The molecule has 1 atom stereocenters. The van der Waals surface area contributed by atoms with E-state index in [9.17, 15) is 14.9 Å². The molecule has 0 radical (unpaired) electrons. The Hall–Kier alpha value is -1.66. The molecule has 1 amide bonds. The van der Waals surface area contributed by atoms with E-state index in [0.29, 0.717) is 25.3 Å². The Labute approximate surface area is 127 Å². The molecular weight excluding hydrogens is 296 g/mol. The smallest absolute Gasteiger partial charge is 0.270 e. The zero-order valence-corrected chi connectivity index (χ0v) is 12.5. The summed E-state index contributed by atoms with van der Waals surface area (Å²) in [4.78, 5) is 24.3. The molecule has 1 aliphatic heterocycles. The van der Waals surface area contributed by atoms with Crippen molar-refractivity contribution < 1.29 is 14.5 Å². The van der Waals surface area contributed by atoms with Crippen molar-refractivity contribution in [2.75, 3.05) is 19.7 Å². The molecule has 1 saturated heterocycles. The van der Waals surface area contributed by atoms with E-state index < -0.39 is 4.92 Å². The van der Waals surface area contributed by atoms with E-state index in [1.165, 1.54) is 18.2 Å². The standard InChI is InChI=1S/C14H17ClN2O4/c1-2-21-11-4-3-7-16(9-11)14(18)12-6-5-10(17(19)20)8-13(12)15/h5-6,8,11H,2-4,7,9H2,1H3. The second-order valence-corrected chi connectivity index (χ2v) is 5.30. The van der Waals surface area contributed by atoms with Gasteiger partial charge in [-0.05, 0) is 25.8 Å². The molecule has 0 aromatic heterocycles. The third kappa shape index (κ3) is 3.71. The van der Waals surface area contributed by atoms with Crippen molar-refractivity contribution in [1.82, 2.24) is 4.90 Å². The van der Waals surface area contributed by atoms with Crippen molar-refractivity contribution in [2.45, 2.75) is 25.9 Å². The Morgan fingerprint density at radius 2 is 2.33 bits per heavy atom. The van der Waals surface area contributed by atoms with Crippen molar-refractivity contribution in [3.63, 3.8) is 0 Å². The lowest BCUT2D eigenvalue weighted by atomic mass is 10.1. The van der Waals surface area contributed by atoms with Gasteiger partial charge in [-0.1, -0.05) is 11.6 Å². The molecule has 0 spiro atoms. The molecule has 2 rings (SSSR count). The Kier molecular flexibility index (Phi) is 5.14. The zero-order chi connectivity index (χ0) is 15.4. The van der Waals surface area contributed by atoms with E-state index in [1.807, 2.05) is 6.92 Å². The minimum atomic E-state index is -0.536. The minimum absolute atomic E-state index is 0.0459.